The SMILES string of the molecule is O=C1CCN(Cc2ccccc2)C(=O)N1Cc1ccc[nH]c1=O. The molecular weight excluding hydrogens is 294 g/mol. The van der Waals surface area contributed by atoms with Gasteiger partial charge in [0.1, 0.15) is 0 Å². The minimum absolute atomic E-state index is 0.000863. The Bertz CT molecular complexity index is 770. The maximum Gasteiger partial charge on any atom is 0.327 e. The molecule has 6 heteroatoms. The number of nitrogens with zero attached hydrogens (tertiary/aromatic N) is 2. The van der Waals surface area contributed by atoms with Crippen LogP contribution in [0.5, 0.6) is 0 Å². The van der Waals surface area contributed by atoms with Gasteiger partial charge in [-0.15, -0.1) is 0 Å². The molecule has 1 saturated heterocycles. The molecule has 3 rings (SSSR count). The van der Waals surface area contributed by atoms with Gasteiger partial charge in [-0.25, -0.2) is 4.79 Å². The van der Waals surface area contributed by atoms with E-state index in [1.165, 1.54) is 6.20 Å². The number of urea groups is 1. The van der Waals surface area contributed by atoms with Crippen molar-refractivity contribution in [2.24, 2.45) is 0 Å². The molecule has 0 atom stereocenters. The molecule has 0 bridgehead atoms. The standard InChI is InChI=1S/C17H17N3O3/c21-15-8-10-19(11-13-5-2-1-3-6-13)17(23)20(15)12-14-7-4-9-18-16(14)22/h1-7,9H,8,10-12H2,(H,18,22). The number of hydrogen-bond donors (Lipinski definition) is 1. The highest BCUT2D eigenvalue weighted by molar-refractivity contribution is 5.96. The van der Waals surface area contributed by atoms with Gasteiger partial charge < -0.3 is 9.88 Å². The number of nitrogens with one attached hydrogen (secondary N) is 1. The fourth-order valence-corrected chi connectivity index (χ4v) is 2.60. The summed E-state index contributed by atoms with van der Waals surface area (Å²) in [6.45, 7) is 0.849. The van der Waals surface area contributed by atoms with Crippen molar-refractivity contribution in [1.82, 2.24) is 14.8 Å². The Morgan fingerprint density at radius 2 is 1.74 bits per heavy atom. The van der Waals surface area contributed by atoms with Crippen LogP contribution in [-0.2, 0) is 17.9 Å². The van der Waals surface area contributed by atoms with Crippen molar-refractivity contribution in [3.8, 4) is 0 Å². The van der Waals surface area contributed by atoms with E-state index in [9.17, 15) is 14.4 Å². The van der Waals surface area contributed by atoms with E-state index in [1.807, 2.05) is 30.3 Å². The topological polar surface area (TPSA) is 73.5 Å². The number of aromatic amines is 1. The fraction of sp³-hybridized carbons (Fsp3) is 0.235. The van der Waals surface area contributed by atoms with Crippen LogP contribution in [0.3, 0.4) is 0 Å². The summed E-state index contributed by atoms with van der Waals surface area (Å²) in [5.74, 6) is -0.248. The van der Waals surface area contributed by atoms with Gasteiger partial charge in [0.15, 0.2) is 0 Å². The third-order valence-corrected chi connectivity index (χ3v) is 3.84. The number of pyridine rings is 1. The minimum Gasteiger partial charge on any atom is -0.329 e. The van der Waals surface area contributed by atoms with Crippen LogP contribution in [0.15, 0.2) is 53.5 Å². The summed E-state index contributed by atoms with van der Waals surface area (Å²) < 4.78 is 0. The quantitative estimate of drug-likeness (QED) is 0.934. The molecular formula is C17H17N3O3. The predicted molar refractivity (Wildman–Crippen MR) is 84.5 cm³/mol. The van der Waals surface area contributed by atoms with Gasteiger partial charge in [0.25, 0.3) is 5.56 Å². The fourth-order valence-electron chi connectivity index (χ4n) is 2.60. The minimum atomic E-state index is -0.353. The molecule has 1 aliphatic rings. The maximum absolute atomic E-state index is 12.6. The second-order valence-electron chi connectivity index (χ2n) is 5.44. The zero-order valence-electron chi connectivity index (χ0n) is 12.6. The van der Waals surface area contributed by atoms with E-state index in [4.69, 9.17) is 0 Å². The largest absolute Gasteiger partial charge is 0.329 e. The lowest BCUT2D eigenvalue weighted by atomic mass is 10.1. The summed E-state index contributed by atoms with van der Waals surface area (Å²) in [6.07, 6.45) is 1.79. The molecule has 3 amide bonds. The van der Waals surface area contributed by atoms with Crippen molar-refractivity contribution >= 4 is 11.9 Å². The lowest BCUT2D eigenvalue weighted by Gasteiger charge is -2.34. The van der Waals surface area contributed by atoms with Crippen molar-refractivity contribution in [3.05, 3.63) is 70.1 Å². The number of rotatable bonds is 4. The molecule has 1 N–H and O–H groups in total. The maximum atomic E-state index is 12.6. The van der Waals surface area contributed by atoms with Crippen LogP contribution in [0, 0.1) is 0 Å². The number of carbonyl (C=O) groups excluding carboxylic acids is 2. The molecule has 0 radical (unpaired) electrons. The Morgan fingerprint density at radius 1 is 0.957 bits per heavy atom. The number of amides is 3. The molecule has 2 aromatic rings. The Balaban J connectivity index is 1.77. The molecule has 1 aliphatic heterocycles. The molecule has 2 heterocycles. The summed E-state index contributed by atoms with van der Waals surface area (Å²) in [6, 6.07) is 12.6. The number of hydrogen-bond acceptors (Lipinski definition) is 3. The Hall–Kier alpha value is -2.89. The van der Waals surface area contributed by atoms with E-state index >= 15 is 0 Å². The van der Waals surface area contributed by atoms with Gasteiger partial charge in [-0.1, -0.05) is 36.4 Å². The normalized spacial score (nSPS) is 15.1. The smallest absolute Gasteiger partial charge is 0.327 e. The van der Waals surface area contributed by atoms with Crippen molar-refractivity contribution in [2.45, 2.75) is 19.5 Å². The van der Waals surface area contributed by atoms with Crippen LogP contribution < -0.4 is 5.56 Å². The van der Waals surface area contributed by atoms with Crippen molar-refractivity contribution in [3.63, 3.8) is 0 Å². The van der Waals surface area contributed by atoms with Gasteiger partial charge in [-0.2, -0.15) is 0 Å². The number of H-pyrrole nitrogens is 1. The predicted octanol–water partition coefficient (Wildman–Crippen LogP) is 1.73. The van der Waals surface area contributed by atoms with Crippen LogP contribution in [-0.4, -0.2) is 33.3 Å². The van der Waals surface area contributed by atoms with Gasteiger partial charge in [0, 0.05) is 31.3 Å². The summed E-state index contributed by atoms with van der Waals surface area (Å²) in [4.78, 5) is 41.8. The number of imide groups is 1. The molecule has 23 heavy (non-hydrogen) atoms. The van der Waals surface area contributed by atoms with E-state index in [-0.39, 0.29) is 30.5 Å². The van der Waals surface area contributed by atoms with Gasteiger partial charge in [0.05, 0.1) is 6.54 Å². The number of aromatic nitrogens is 1. The van der Waals surface area contributed by atoms with Gasteiger partial charge in [-0.05, 0) is 11.6 Å². The van der Waals surface area contributed by atoms with Gasteiger partial charge in [0.2, 0.25) is 5.91 Å². The first kappa shape index (κ1) is 15.0. The second kappa shape index (κ2) is 6.48. The molecule has 0 saturated carbocycles. The third kappa shape index (κ3) is 3.31. The molecule has 1 aromatic heterocycles. The highest BCUT2D eigenvalue weighted by Gasteiger charge is 2.32. The third-order valence-electron chi connectivity index (χ3n) is 3.84. The van der Waals surface area contributed by atoms with Crippen LogP contribution in [0.4, 0.5) is 4.79 Å². The van der Waals surface area contributed by atoms with E-state index in [2.05, 4.69) is 4.98 Å². The second-order valence-corrected chi connectivity index (χ2v) is 5.44. The molecule has 0 aliphatic carbocycles. The molecule has 118 valence electrons. The first-order valence-corrected chi connectivity index (χ1v) is 7.45. The van der Waals surface area contributed by atoms with Crippen molar-refractivity contribution in [1.29, 1.82) is 0 Å². The molecule has 1 aromatic carbocycles. The summed E-state index contributed by atoms with van der Waals surface area (Å²) in [7, 11) is 0. The van der Waals surface area contributed by atoms with Gasteiger partial charge >= 0.3 is 6.03 Å². The number of benzene rings is 1. The molecule has 0 unspecified atom stereocenters. The van der Waals surface area contributed by atoms with Gasteiger partial charge in [-0.3, -0.25) is 14.5 Å². The lowest BCUT2D eigenvalue weighted by Crippen LogP contribution is -2.51. The van der Waals surface area contributed by atoms with E-state index in [1.54, 1.807) is 17.0 Å². The average molecular weight is 311 g/mol. The molecule has 1 fully saturated rings. The number of carbonyl (C=O) groups is 2. The highest BCUT2D eigenvalue weighted by Crippen LogP contribution is 2.16. The lowest BCUT2D eigenvalue weighted by molar-refractivity contribution is -0.131. The van der Waals surface area contributed by atoms with Crippen LogP contribution >= 0.6 is 0 Å². The van der Waals surface area contributed by atoms with E-state index < -0.39 is 0 Å². The highest BCUT2D eigenvalue weighted by atomic mass is 16.2. The molecule has 0 spiro atoms. The Morgan fingerprint density at radius 3 is 2.48 bits per heavy atom. The summed E-state index contributed by atoms with van der Waals surface area (Å²) in [5, 5.41) is 0. The van der Waals surface area contributed by atoms with Crippen LogP contribution in [0.2, 0.25) is 0 Å². The molecule has 6 nitrogen and oxygen atoms in total. The first-order valence-electron chi connectivity index (χ1n) is 7.45. The Kier molecular flexibility index (Phi) is 4.23. The average Bonchev–Trinajstić information content (AvgIpc) is 2.57. The van der Waals surface area contributed by atoms with Crippen molar-refractivity contribution < 1.29 is 9.59 Å². The van der Waals surface area contributed by atoms with Crippen molar-refractivity contribution in [2.75, 3.05) is 6.54 Å². The van der Waals surface area contributed by atoms with E-state index in [0.717, 1.165) is 10.5 Å². The van der Waals surface area contributed by atoms with Crippen LogP contribution in [0.25, 0.3) is 0 Å². The monoisotopic (exact) mass is 311 g/mol. The first-order chi connectivity index (χ1) is 11.1. The Labute approximate surface area is 133 Å². The van der Waals surface area contributed by atoms with E-state index in [0.29, 0.717) is 18.7 Å². The summed E-state index contributed by atoms with van der Waals surface area (Å²) >= 11 is 0. The zero-order valence-corrected chi connectivity index (χ0v) is 12.6. The zero-order chi connectivity index (χ0) is 16.2. The summed E-state index contributed by atoms with van der Waals surface area (Å²) in [5.41, 5.74) is 1.12. The van der Waals surface area contributed by atoms with Crippen LogP contribution in [0.1, 0.15) is 17.5 Å².